The molecule has 1 heterocycles. The summed E-state index contributed by atoms with van der Waals surface area (Å²) in [5, 5.41) is 5.75. The van der Waals surface area contributed by atoms with Gasteiger partial charge in [0.2, 0.25) is 0 Å². The van der Waals surface area contributed by atoms with E-state index in [2.05, 4.69) is 10.5 Å². The lowest BCUT2D eigenvalue weighted by Crippen LogP contribution is -2.24. The number of para-hydroxylation sites is 1. The summed E-state index contributed by atoms with van der Waals surface area (Å²) in [5.41, 5.74) is 5.41. The van der Waals surface area contributed by atoms with Crippen molar-refractivity contribution >= 4 is 34.6 Å². The molecule has 0 aliphatic rings. The number of aromatic nitrogens is 1. The van der Waals surface area contributed by atoms with Gasteiger partial charge in [0.25, 0.3) is 5.91 Å². The maximum Gasteiger partial charge on any atom is 0.277 e. The van der Waals surface area contributed by atoms with Crippen LogP contribution in [-0.4, -0.2) is 23.3 Å². The van der Waals surface area contributed by atoms with Crippen molar-refractivity contribution in [2.75, 3.05) is 6.61 Å². The monoisotopic (exact) mass is 355 g/mol. The first-order chi connectivity index (χ1) is 12.0. The molecule has 5 nitrogen and oxygen atoms in total. The molecule has 0 aliphatic heterocycles. The molecule has 1 amide bonds. The minimum Gasteiger partial charge on any atom is -0.484 e. The number of halogens is 1. The Kier molecular flexibility index (Phi) is 5.05. The van der Waals surface area contributed by atoms with Gasteiger partial charge in [-0.25, -0.2) is 5.43 Å². The largest absolute Gasteiger partial charge is 0.484 e. The molecule has 3 rings (SSSR count). The third-order valence-corrected chi connectivity index (χ3v) is 4.24. The van der Waals surface area contributed by atoms with Gasteiger partial charge in [0.15, 0.2) is 6.61 Å². The van der Waals surface area contributed by atoms with Crippen LogP contribution in [0.25, 0.3) is 10.9 Å². The Hall–Kier alpha value is -2.79. The molecule has 25 heavy (non-hydrogen) atoms. The first-order valence-electron chi connectivity index (χ1n) is 7.79. The molecule has 0 saturated carbocycles. The van der Waals surface area contributed by atoms with Gasteiger partial charge in [-0.15, -0.1) is 0 Å². The molecule has 0 radical (unpaired) electrons. The zero-order chi connectivity index (χ0) is 17.8. The Labute approximate surface area is 150 Å². The van der Waals surface area contributed by atoms with Crippen LogP contribution >= 0.6 is 11.6 Å². The molecule has 0 bridgehead atoms. The summed E-state index contributed by atoms with van der Waals surface area (Å²) in [4.78, 5) is 11.8. The van der Waals surface area contributed by atoms with Crippen LogP contribution < -0.4 is 10.2 Å². The summed E-state index contributed by atoms with van der Waals surface area (Å²) >= 11 is 5.96. The van der Waals surface area contributed by atoms with Crippen molar-refractivity contribution in [3.63, 3.8) is 0 Å². The summed E-state index contributed by atoms with van der Waals surface area (Å²) in [6.07, 6.45) is 3.60. The molecule has 2 aromatic carbocycles. The lowest BCUT2D eigenvalue weighted by molar-refractivity contribution is -0.123. The maximum absolute atomic E-state index is 11.8. The first kappa shape index (κ1) is 17.0. The average molecular weight is 356 g/mol. The summed E-state index contributed by atoms with van der Waals surface area (Å²) in [5.74, 6) is 0.263. The van der Waals surface area contributed by atoms with E-state index in [0.29, 0.717) is 10.8 Å². The Morgan fingerprint density at radius 1 is 1.32 bits per heavy atom. The van der Waals surface area contributed by atoms with E-state index in [0.717, 1.165) is 22.0 Å². The minimum atomic E-state index is -0.330. The third-order valence-electron chi connectivity index (χ3n) is 3.82. The van der Waals surface area contributed by atoms with Crippen molar-refractivity contribution in [2.24, 2.45) is 12.1 Å². The highest BCUT2D eigenvalue weighted by Gasteiger charge is 2.05. The van der Waals surface area contributed by atoms with Crippen molar-refractivity contribution in [3.05, 3.63) is 64.8 Å². The van der Waals surface area contributed by atoms with Crippen molar-refractivity contribution < 1.29 is 9.53 Å². The van der Waals surface area contributed by atoms with Crippen LogP contribution in [0.5, 0.6) is 5.75 Å². The lowest BCUT2D eigenvalue weighted by Gasteiger charge is -2.06. The summed E-state index contributed by atoms with van der Waals surface area (Å²) in [6.45, 7) is 1.76. The fourth-order valence-electron chi connectivity index (χ4n) is 2.54. The molecule has 3 aromatic rings. The average Bonchev–Trinajstić information content (AvgIpc) is 2.92. The van der Waals surface area contributed by atoms with Crippen molar-refractivity contribution in [2.45, 2.75) is 6.92 Å². The highest BCUT2D eigenvalue weighted by molar-refractivity contribution is 6.31. The number of nitrogens with zero attached hydrogens (tertiary/aromatic N) is 2. The second-order valence-corrected chi connectivity index (χ2v) is 6.11. The number of benzene rings is 2. The van der Waals surface area contributed by atoms with Crippen LogP contribution in [0.1, 0.15) is 11.1 Å². The van der Waals surface area contributed by atoms with Crippen LogP contribution in [0, 0.1) is 6.92 Å². The van der Waals surface area contributed by atoms with Gasteiger partial charge in [-0.1, -0.05) is 29.8 Å². The number of carbonyl (C=O) groups is 1. The summed E-state index contributed by atoms with van der Waals surface area (Å²) in [7, 11) is 1.97. The van der Waals surface area contributed by atoms with Gasteiger partial charge in [0.1, 0.15) is 5.75 Å². The Balaban J connectivity index is 1.58. The number of hydrogen-bond acceptors (Lipinski definition) is 3. The first-order valence-corrected chi connectivity index (χ1v) is 8.17. The number of rotatable bonds is 5. The molecule has 0 unspecified atom stereocenters. The topological polar surface area (TPSA) is 55.6 Å². The smallest absolute Gasteiger partial charge is 0.277 e. The minimum absolute atomic E-state index is 0.117. The molecule has 128 valence electrons. The fraction of sp³-hybridized carbons (Fsp3) is 0.158. The highest BCUT2D eigenvalue weighted by atomic mass is 35.5. The number of fused-ring (bicyclic) bond motifs is 1. The van der Waals surface area contributed by atoms with E-state index < -0.39 is 0 Å². The fourth-order valence-corrected chi connectivity index (χ4v) is 2.66. The summed E-state index contributed by atoms with van der Waals surface area (Å²) < 4.78 is 7.45. The number of hydrogen-bond donors (Lipinski definition) is 1. The molecule has 0 saturated heterocycles. The Bertz CT molecular complexity index is 947. The van der Waals surface area contributed by atoms with E-state index in [1.165, 1.54) is 0 Å². The molecule has 1 aromatic heterocycles. The highest BCUT2D eigenvalue weighted by Crippen LogP contribution is 2.21. The standard InChI is InChI=1S/C19H18ClN3O2/c1-13-9-15(7-8-17(13)20)25-12-19(24)22-21-10-14-11-23(2)18-6-4-3-5-16(14)18/h3-11H,12H2,1-2H3,(H,22,24)/b21-10+. The molecular weight excluding hydrogens is 338 g/mol. The number of hydrazone groups is 1. The maximum atomic E-state index is 11.8. The lowest BCUT2D eigenvalue weighted by atomic mass is 10.2. The van der Waals surface area contributed by atoms with E-state index in [4.69, 9.17) is 16.3 Å². The van der Waals surface area contributed by atoms with E-state index >= 15 is 0 Å². The van der Waals surface area contributed by atoms with Gasteiger partial charge in [-0.3, -0.25) is 4.79 Å². The number of ether oxygens (including phenoxy) is 1. The van der Waals surface area contributed by atoms with Crippen LogP contribution in [0.4, 0.5) is 0 Å². The quantitative estimate of drug-likeness (QED) is 0.561. The predicted octanol–water partition coefficient (Wildman–Crippen LogP) is 3.67. The SMILES string of the molecule is Cc1cc(OCC(=O)N/N=C/c2cn(C)c3ccccc23)ccc1Cl. The third kappa shape index (κ3) is 4.00. The van der Waals surface area contributed by atoms with Gasteiger partial charge in [-0.05, 0) is 36.8 Å². The van der Waals surface area contributed by atoms with Crippen molar-refractivity contribution in [1.82, 2.24) is 9.99 Å². The Morgan fingerprint density at radius 2 is 2.12 bits per heavy atom. The zero-order valence-corrected chi connectivity index (χ0v) is 14.7. The van der Waals surface area contributed by atoms with Crippen molar-refractivity contribution in [3.8, 4) is 5.75 Å². The zero-order valence-electron chi connectivity index (χ0n) is 14.0. The number of nitrogens with one attached hydrogen (secondary N) is 1. The van der Waals surface area contributed by atoms with Gasteiger partial charge in [0.05, 0.1) is 6.21 Å². The van der Waals surface area contributed by atoms with Crippen molar-refractivity contribution in [1.29, 1.82) is 0 Å². The van der Waals surface area contributed by atoms with Gasteiger partial charge in [-0.2, -0.15) is 5.10 Å². The molecule has 0 fully saturated rings. The Morgan fingerprint density at radius 3 is 2.92 bits per heavy atom. The molecule has 6 heteroatoms. The second-order valence-electron chi connectivity index (χ2n) is 5.71. The van der Waals surface area contributed by atoms with Gasteiger partial charge < -0.3 is 9.30 Å². The van der Waals surface area contributed by atoms with Gasteiger partial charge >= 0.3 is 0 Å². The van der Waals surface area contributed by atoms with E-state index in [-0.39, 0.29) is 12.5 Å². The van der Waals surface area contributed by atoms with E-state index in [9.17, 15) is 4.79 Å². The molecule has 1 N–H and O–H groups in total. The molecular formula is C19H18ClN3O2. The van der Waals surface area contributed by atoms with Crippen LogP contribution in [0.15, 0.2) is 53.8 Å². The predicted molar refractivity (Wildman–Crippen MR) is 100 cm³/mol. The molecule has 0 aliphatic carbocycles. The molecule has 0 atom stereocenters. The molecule has 0 spiro atoms. The van der Waals surface area contributed by atoms with Crippen LogP contribution in [0.2, 0.25) is 5.02 Å². The van der Waals surface area contributed by atoms with E-state index in [1.54, 1.807) is 24.4 Å². The number of carbonyl (C=O) groups excluding carboxylic acids is 1. The number of amides is 1. The van der Waals surface area contributed by atoms with Crippen LogP contribution in [-0.2, 0) is 11.8 Å². The van der Waals surface area contributed by atoms with Gasteiger partial charge in [0, 0.05) is 34.7 Å². The normalized spacial score (nSPS) is 11.2. The van der Waals surface area contributed by atoms with Crippen LogP contribution in [0.3, 0.4) is 0 Å². The number of aryl methyl sites for hydroxylation is 2. The second kappa shape index (κ2) is 7.40. The van der Waals surface area contributed by atoms with E-state index in [1.807, 2.05) is 49.0 Å². The summed E-state index contributed by atoms with van der Waals surface area (Å²) in [6, 6.07) is 13.3.